The van der Waals surface area contributed by atoms with E-state index < -0.39 is 0 Å². The summed E-state index contributed by atoms with van der Waals surface area (Å²) in [6.07, 6.45) is 1.70. The van der Waals surface area contributed by atoms with Crippen LogP contribution < -0.4 is 0 Å². The van der Waals surface area contributed by atoms with Gasteiger partial charge in [-0.2, -0.15) is 5.10 Å². The van der Waals surface area contributed by atoms with Gasteiger partial charge in [0.15, 0.2) is 11.5 Å². The van der Waals surface area contributed by atoms with Crippen molar-refractivity contribution in [1.29, 1.82) is 0 Å². The molecule has 0 radical (unpaired) electrons. The Labute approximate surface area is 140 Å². The van der Waals surface area contributed by atoms with Crippen molar-refractivity contribution in [2.24, 2.45) is 0 Å². The van der Waals surface area contributed by atoms with Crippen LogP contribution >= 0.6 is 11.3 Å². The van der Waals surface area contributed by atoms with Gasteiger partial charge in [0.25, 0.3) is 0 Å². The smallest absolute Gasteiger partial charge is 0.200 e. The molecule has 24 heavy (non-hydrogen) atoms. The largest absolute Gasteiger partial charge is 0.274 e. The number of rotatable bonds is 2. The van der Waals surface area contributed by atoms with Gasteiger partial charge in [-0.25, -0.2) is 14.5 Å². The maximum Gasteiger partial charge on any atom is 0.200 e. The minimum Gasteiger partial charge on any atom is -0.274 e. The molecule has 0 fully saturated rings. The van der Waals surface area contributed by atoms with Crippen LogP contribution in [0.1, 0.15) is 5.56 Å². The number of H-pyrrole nitrogens is 1. The molecule has 4 heterocycles. The van der Waals surface area contributed by atoms with E-state index in [4.69, 9.17) is 0 Å². The molecule has 0 aliphatic carbocycles. The number of aromatic amines is 1. The summed E-state index contributed by atoms with van der Waals surface area (Å²) in [4.78, 5) is 10.0. The standard InChI is InChI=1S/C17H12N6S/c1-10-2-4-11(5-3-10)13-8-14(21-20-13)15-19-16-12-6-7-24-17(12)18-9-23(16)22-15/h2-9H,1H3,(H,20,21). The molecule has 7 heteroatoms. The quantitative estimate of drug-likeness (QED) is 0.535. The molecule has 0 unspecified atom stereocenters. The fourth-order valence-corrected chi connectivity index (χ4v) is 3.42. The molecule has 0 spiro atoms. The Bertz CT molecular complexity index is 1160. The van der Waals surface area contributed by atoms with E-state index in [1.54, 1.807) is 22.2 Å². The number of aromatic nitrogens is 6. The summed E-state index contributed by atoms with van der Waals surface area (Å²) in [5.74, 6) is 0.612. The Hall–Kier alpha value is -3.06. The molecule has 0 amide bonds. The average molecular weight is 332 g/mol. The Morgan fingerprint density at radius 2 is 2.00 bits per heavy atom. The van der Waals surface area contributed by atoms with Gasteiger partial charge in [0.05, 0.1) is 11.1 Å². The summed E-state index contributed by atoms with van der Waals surface area (Å²) in [5, 5.41) is 15.0. The number of nitrogens with zero attached hydrogens (tertiary/aromatic N) is 5. The summed E-state index contributed by atoms with van der Waals surface area (Å²) in [6.45, 7) is 2.07. The van der Waals surface area contributed by atoms with E-state index in [1.165, 1.54) is 5.56 Å². The van der Waals surface area contributed by atoms with Crippen molar-refractivity contribution in [2.75, 3.05) is 0 Å². The van der Waals surface area contributed by atoms with Gasteiger partial charge < -0.3 is 0 Å². The van der Waals surface area contributed by atoms with Gasteiger partial charge in [-0.3, -0.25) is 5.10 Å². The molecule has 116 valence electrons. The first kappa shape index (κ1) is 13.4. The van der Waals surface area contributed by atoms with Crippen LogP contribution in [-0.2, 0) is 0 Å². The van der Waals surface area contributed by atoms with E-state index in [9.17, 15) is 0 Å². The predicted molar refractivity (Wildman–Crippen MR) is 93.9 cm³/mol. The van der Waals surface area contributed by atoms with Crippen LogP contribution in [0.3, 0.4) is 0 Å². The molecule has 1 N–H and O–H groups in total. The van der Waals surface area contributed by atoms with Gasteiger partial charge in [0, 0.05) is 5.56 Å². The van der Waals surface area contributed by atoms with Gasteiger partial charge >= 0.3 is 0 Å². The van der Waals surface area contributed by atoms with Crippen molar-refractivity contribution < 1.29 is 0 Å². The van der Waals surface area contributed by atoms with Gasteiger partial charge in [0.2, 0.25) is 0 Å². The lowest BCUT2D eigenvalue weighted by Gasteiger charge is -1.95. The molecule has 1 aromatic carbocycles. The van der Waals surface area contributed by atoms with E-state index in [1.807, 2.05) is 17.5 Å². The fourth-order valence-electron chi connectivity index (χ4n) is 2.69. The molecule has 0 saturated carbocycles. The molecule has 6 nitrogen and oxygen atoms in total. The van der Waals surface area contributed by atoms with Crippen LogP contribution in [-0.4, -0.2) is 29.8 Å². The van der Waals surface area contributed by atoms with Crippen LogP contribution in [0.4, 0.5) is 0 Å². The second kappa shape index (κ2) is 4.97. The van der Waals surface area contributed by atoms with E-state index in [0.29, 0.717) is 5.82 Å². The first-order valence-corrected chi connectivity index (χ1v) is 8.37. The average Bonchev–Trinajstić information content (AvgIpc) is 3.32. The highest BCUT2D eigenvalue weighted by Gasteiger charge is 2.13. The summed E-state index contributed by atoms with van der Waals surface area (Å²) >= 11 is 1.60. The van der Waals surface area contributed by atoms with Crippen molar-refractivity contribution in [3.8, 4) is 22.8 Å². The van der Waals surface area contributed by atoms with Gasteiger partial charge in [-0.15, -0.1) is 16.4 Å². The molecule has 0 aliphatic heterocycles. The van der Waals surface area contributed by atoms with Gasteiger partial charge in [-0.05, 0) is 24.4 Å². The van der Waals surface area contributed by atoms with Gasteiger partial charge in [0.1, 0.15) is 16.9 Å². The predicted octanol–water partition coefficient (Wildman–Crippen LogP) is 3.70. The Morgan fingerprint density at radius 3 is 2.88 bits per heavy atom. The van der Waals surface area contributed by atoms with Crippen LogP contribution in [0.15, 0.2) is 48.1 Å². The highest BCUT2D eigenvalue weighted by molar-refractivity contribution is 7.16. The molecule has 0 bridgehead atoms. The zero-order valence-electron chi connectivity index (χ0n) is 12.8. The normalized spacial score (nSPS) is 11.5. The molecule has 0 aliphatic rings. The number of fused-ring (bicyclic) bond motifs is 3. The third-order valence-corrected chi connectivity index (χ3v) is 4.79. The van der Waals surface area contributed by atoms with Crippen molar-refractivity contribution in [2.45, 2.75) is 6.92 Å². The maximum absolute atomic E-state index is 4.65. The summed E-state index contributed by atoms with van der Waals surface area (Å²) in [5.41, 5.74) is 4.76. The molecule has 4 aromatic heterocycles. The van der Waals surface area contributed by atoms with Crippen LogP contribution in [0.5, 0.6) is 0 Å². The number of hydrogen-bond donors (Lipinski definition) is 1. The Kier molecular flexibility index (Phi) is 2.77. The third-order valence-electron chi connectivity index (χ3n) is 3.97. The first-order chi connectivity index (χ1) is 11.8. The van der Waals surface area contributed by atoms with Crippen LogP contribution in [0.2, 0.25) is 0 Å². The van der Waals surface area contributed by atoms with E-state index >= 15 is 0 Å². The molecule has 0 saturated heterocycles. The number of hydrogen-bond acceptors (Lipinski definition) is 5. The first-order valence-electron chi connectivity index (χ1n) is 7.49. The molecular weight excluding hydrogens is 320 g/mol. The number of aryl methyl sites for hydroxylation is 1. The number of benzene rings is 1. The Balaban J connectivity index is 1.61. The molecule has 0 atom stereocenters. The van der Waals surface area contributed by atoms with Crippen molar-refractivity contribution in [3.63, 3.8) is 0 Å². The third kappa shape index (κ3) is 2.02. The van der Waals surface area contributed by atoms with Crippen molar-refractivity contribution in [1.82, 2.24) is 29.8 Å². The maximum atomic E-state index is 4.65. The minimum atomic E-state index is 0.612. The Morgan fingerprint density at radius 1 is 1.12 bits per heavy atom. The molecule has 5 aromatic rings. The zero-order valence-corrected chi connectivity index (χ0v) is 13.6. The van der Waals surface area contributed by atoms with E-state index in [-0.39, 0.29) is 0 Å². The molecule has 5 rings (SSSR count). The van der Waals surface area contributed by atoms with E-state index in [2.05, 4.69) is 56.5 Å². The second-order valence-corrected chi connectivity index (χ2v) is 6.52. The lowest BCUT2D eigenvalue weighted by molar-refractivity contribution is 0.935. The van der Waals surface area contributed by atoms with E-state index in [0.717, 1.165) is 32.8 Å². The minimum absolute atomic E-state index is 0.612. The number of thiophene rings is 1. The van der Waals surface area contributed by atoms with Crippen LogP contribution in [0, 0.1) is 6.92 Å². The summed E-state index contributed by atoms with van der Waals surface area (Å²) in [6, 6.07) is 12.3. The SMILES string of the molecule is Cc1ccc(-c2cc(-c3nc4c5ccsc5ncn4n3)[nH]n2)cc1. The molecular formula is C17H12N6S. The topological polar surface area (TPSA) is 71.8 Å². The summed E-state index contributed by atoms with van der Waals surface area (Å²) < 4.78 is 1.71. The second-order valence-electron chi connectivity index (χ2n) is 5.62. The number of nitrogens with one attached hydrogen (secondary N) is 1. The zero-order chi connectivity index (χ0) is 16.1. The van der Waals surface area contributed by atoms with Crippen molar-refractivity contribution in [3.05, 3.63) is 53.7 Å². The fraction of sp³-hybridized carbons (Fsp3) is 0.0588. The van der Waals surface area contributed by atoms with Gasteiger partial charge in [-0.1, -0.05) is 29.8 Å². The van der Waals surface area contributed by atoms with Crippen LogP contribution in [0.25, 0.3) is 38.6 Å². The highest BCUT2D eigenvalue weighted by Crippen LogP contribution is 2.25. The lowest BCUT2D eigenvalue weighted by atomic mass is 10.1. The summed E-state index contributed by atoms with van der Waals surface area (Å²) in [7, 11) is 0. The lowest BCUT2D eigenvalue weighted by Crippen LogP contribution is -1.88. The highest BCUT2D eigenvalue weighted by atomic mass is 32.1. The monoisotopic (exact) mass is 332 g/mol. The van der Waals surface area contributed by atoms with Crippen molar-refractivity contribution >= 4 is 27.2 Å².